The second-order valence-electron chi connectivity index (χ2n) is 3.77. The monoisotopic (exact) mass is 185 g/mol. The molecule has 1 rings (SSSR count). The Morgan fingerprint density at radius 1 is 1.54 bits per heavy atom. The molecule has 3 nitrogen and oxygen atoms in total. The fourth-order valence-electron chi connectivity index (χ4n) is 2.44. The molecule has 1 unspecified atom stereocenters. The van der Waals surface area contributed by atoms with Gasteiger partial charge in [-0.25, -0.2) is 0 Å². The van der Waals surface area contributed by atoms with Crippen molar-refractivity contribution in [1.82, 2.24) is 4.90 Å². The van der Waals surface area contributed by atoms with Crippen molar-refractivity contribution in [2.45, 2.75) is 45.1 Å². The Balaban J connectivity index is 2.81. The van der Waals surface area contributed by atoms with E-state index in [9.17, 15) is 9.90 Å². The molecule has 0 aromatic rings. The lowest BCUT2D eigenvalue weighted by Crippen LogP contribution is -2.50. The standard InChI is InChI=1S/C10H19NO2/c1-3-6-10(9(12)13)7-5-8-11(10)4-2/h3-8H2,1-2H3,(H,12,13). The van der Waals surface area contributed by atoms with Crippen LogP contribution in [-0.2, 0) is 4.79 Å². The molecule has 1 aliphatic heterocycles. The minimum Gasteiger partial charge on any atom is -0.480 e. The highest BCUT2D eigenvalue weighted by atomic mass is 16.4. The van der Waals surface area contributed by atoms with Crippen LogP contribution in [0.5, 0.6) is 0 Å². The summed E-state index contributed by atoms with van der Waals surface area (Å²) in [6.45, 7) is 5.89. The van der Waals surface area contributed by atoms with E-state index in [1.807, 2.05) is 6.92 Å². The lowest BCUT2D eigenvalue weighted by molar-refractivity contribution is -0.150. The van der Waals surface area contributed by atoms with Crippen LogP contribution in [0.1, 0.15) is 39.5 Å². The molecule has 1 aliphatic rings. The van der Waals surface area contributed by atoms with Crippen molar-refractivity contribution in [1.29, 1.82) is 0 Å². The van der Waals surface area contributed by atoms with E-state index < -0.39 is 11.5 Å². The summed E-state index contributed by atoms with van der Waals surface area (Å²) >= 11 is 0. The summed E-state index contributed by atoms with van der Waals surface area (Å²) in [6.07, 6.45) is 3.59. The molecule has 76 valence electrons. The zero-order valence-corrected chi connectivity index (χ0v) is 8.55. The highest BCUT2D eigenvalue weighted by molar-refractivity contribution is 5.79. The summed E-state index contributed by atoms with van der Waals surface area (Å²) in [6, 6.07) is 0. The van der Waals surface area contributed by atoms with Crippen LogP contribution in [0.2, 0.25) is 0 Å². The summed E-state index contributed by atoms with van der Waals surface area (Å²) in [4.78, 5) is 13.4. The van der Waals surface area contributed by atoms with E-state index in [4.69, 9.17) is 0 Å². The van der Waals surface area contributed by atoms with Crippen molar-refractivity contribution >= 4 is 5.97 Å². The number of aliphatic carboxylic acids is 1. The van der Waals surface area contributed by atoms with Gasteiger partial charge < -0.3 is 5.11 Å². The minimum atomic E-state index is -0.631. The Bertz CT molecular complexity index is 193. The van der Waals surface area contributed by atoms with Gasteiger partial charge >= 0.3 is 5.97 Å². The van der Waals surface area contributed by atoms with E-state index in [-0.39, 0.29) is 0 Å². The number of carboxylic acids is 1. The molecule has 0 spiro atoms. The van der Waals surface area contributed by atoms with Gasteiger partial charge in [0.25, 0.3) is 0 Å². The molecule has 1 heterocycles. The molecular weight excluding hydrogens is 166 g/mol. The summed E-state index contributed by atoms with van der Waals surface area (Å²) in [5.74, 6) is -0.631. The minimum absolute atomic E-state index is 0.538. The summed E-state index contributed by atoms with van der Waals surface area (Å²) in [7, 11) is 0. The fraction of sp³-hybridized carbons (Fsp3) is 0.900. The van der Waals surface area contributed by atoms with Gasteiger partial charge in [0, 0.05) is 0 Å². The van der Waals surface area contributed by atoms with Gasteiger partial charge in [0.15, 0.2) is 0 Å². The van der Waals surface area contributed by atoms with E-state index in [1.165, 1.54) is 0 Å². The van der Waals surface area contributed by atoms with Crippen LogP contribution in [0, 0.1) is 0 Å². The van der Waals surface area contributed by atoms with Crippen LogP contribution in [0.4, 0.5) is 0 Å². The second kappa shape index (κ2) is 4.09. The van der Waals surface area contributed by atoms with Crippen LogP contribution in [0.3, 0.4) is 0 Å². The first kappa shape index (κ1) is 10.5. The first-order chi connectivity index (χ1) is 6.17. The van der Waals surface area contributed by atoms with Crippen LogP contribution >= 0.6 is 0 Å². The number of carbonyl (C=O) groups is 1. The van der Waals surface area contributed by atoms with Gasteiger partial charge in [0.1, 0.15) is 5.54 Å². The lowest BCUT2D eigenvalue weighted by atomic mass is 9.91. The van der Waals surface area contributed by atoms with E-state index in [0.717, 1.165) is 38.8 Å². The van der Waals surface area contributed by atoms with Gasteiger partial charge in [-0.1, -0.05) is 20.3 Å². The summed E-state index contributed by atoms with van der Waals surface area (Å²) in [5, 5.41) is 9.25. The number of likely N-dealkylation sites (N-methyl/N-ethyl adjacent to an activating group) is 1. The van der Waals surface area contributed by atoms with Crippen molar-refractivity contribution in [3.63, 3.8) is 0 Å². The quantitative estimate of drug-likeness (QED) is 0.725. The van der Waals surface area contributed by atoms with Crippen molar-refractivity contribution in [3.05, 3.63) is 0 Å². The molecule has 0 bridgehead atoms. The maximum atomic E-state index is 11.2. The predicted octanol–water partition coefficient (Wildman–Crippen LogP) is 1.73. The molecule has 0 aliphatic carbocycles. The molecule has 1 atom stereocenters. The van der Waals surface area contributed by atoms with Crippen LogP contribution < -0.4 is 0 Å². The Hall–Kier alpha value is -0.570. The summed E-state index contributed by atoms with van der Waals surface area (Å²) in [5.41, 5.74) is -0.538. The van der Waals surface area contributed by atoms with Crippen molar-refractivity contribution in [2.24, 2.45) is 0 Å². The van der Waals surface area contributed by atoms with E-state index in [0.29, 0.717) is 0 Å². The highest BCUT2D eigenvalue weighted by Crippen LogP contribution is 2.33. The third-order valence-electron chi connectivity index (χ3n) is 3.07. The third-order valence-corrected chi connectivity index (χ3v) is 3.07. The SMILES string of the molecule is CCCC1(C(=O)O)CCCN1CC. The fourth-order valence-corrected chi connectivity index (χ4v) is 2.44. The van der Waals surface area contributed by atoms with Crippen LogP contribution in [-0.4, -0.2) is 34.6 Å². The molecular formula is C10H19NO2. The van der Waals surface area contributed by atoms with Gasteiger partial charge in [-0.05, 0) is 32.4 Å². The first-order valence-electron chi connectivity index (χ1n) is 5.16. The largest absolute Gasteiger partial charge is 0.480 e. The molecule has 1 fully saturated rings. The Labute approximate surface area is 79.7 Å². The van der Waals surface area contributed by atoms with E-state index >= 15 is 0 Å². The van der Waals surface area contributed by atoms with Gasteiger partial charge in [0.05, 0.1) is 0 Å². The Morgan fingerprint density at radius 2 is 2.23 bits per heavy atom. The van der Waals surface area contributed by atoms with Crippen molar-refractivity contribution in [3.8, 4) is 0 Å². The van der Waals surface area contributed by atoms with Crippen LogP contribution in [0.25, 0.3) is 0 Å². The molecule has 3 heteroatoms. The zero-order valence-electron chi connectivity index (χ0n) is 8.55. The first-order valence-corrected chi connectivity index (χ1v) is 5.16. The average molecular weight is 185 g/mol. The molecule has 0 aromatic heterocycles. The number of rotatable bonds is 4. The molecule has 0 aromatic carbocycles. The number of likely N-dealkylation sites (tertiary alicyclic amines) is 1. The molecule has 1 saturated heterocycles. The Morgan fingerprint density at radius 3 is 2.69 bits per heavy atom. The zero-order chi connectivity index (χ0) is 9.90. The molecule has 0 saturated carbocycles. The number of hydrogen-bond acceptors (Lipinski definition) is 2. The number of carboxylic acid groups (broad SMARTS) is 1. The van der Waals surface area contributed by atoms with Gasteiger partial charge in [-0.15, -0.1) is 0 Å². The highest BCUT2D eigenvalue weighted by Gasteiger charge is 2.45. The van der Waals surface area contributed by atoms with Crippen molar-refractivity contribution in [2.75, 3.05) is 13.1 Å². The number of hydrogen-bond donors (Lipinski definition) is 1. The molecule has 0 radical (unpaired) electrons. The normalized spacial score (nSPS) is 29.4. The smallest absolute Gasteiger partial charge is 0.324 e. The van der Waals surface area contributed by atoms with E-state index in [1.54, 1.807) is 0 Å². The molecule has 13 heavy (non-hydrogen) atoms. The summed E-state index contributed by atoms with van der Waals surface area (Å²) < 4.78 is 0. The van der Waals surface area contributed by atoms with Gasteiger partial charge in [-0.2, -0.15) is 0 Å². The second-order valence-corrected chi connectivity index (χ2v) is 3.77. The van der Waals surface area contributed by atoms with Crippen molar-refractivity contribution < 1.29 is 9.90 Å². The predicted molar refractivity (Wildman–Crippen MR) is 51.8 cm³/mol. The average Bonchev–Trinajstić information content (AvgIpc) is 2.49. The topological polar surface area (TPSA) is 40.5 Å². The lowest BCUT2D eigenvalue weighted by Gasteiger charge is -2.33. The maximum Gasteiger partial charge on any atom is 0.324 e. The number of nitrogens with zero attached hydrogens (tertiary/aromatic N) is 1. The third kappa shape index (κ3) is 1.70. The van der Waals surface area contributed by atoms with Crippen LogP contribution in [0.15, 0.2) is 0 Å². The molecule has 0 amide bonds. The van der Waals surface area contributed by atoms with Gasteiger partial charge in [0.2, 0.25) is 0 Å². The maximum absolute atomic E-state index is 11.2. The van der Waals surface area contributed by atoms with E-state index in [2.05, 4.69) is 11.8 Å². The molecule has 1 N–H and O–H groups in total. The van der Waals surface area contributed by atoms with Gasteiger partial charge in [-0.3, -0.25) is 9.69 Å². The Kier molecular flexibility index (Phi) is 3.31.